The minimum absolute atomic E-state index is 0.0167. The lowest BCUT2D eigenvalue weighted by Gasteiger charge is -2.20. The summed E-state index contributed by atoms with van der Waals surface area (Å²) < 4.78 is 5.47. The highest BCUT2D eigenvalue weighted by Crippen LogP contribution is 2.15. The predicted molar refractivity (Wildman–Crippen MR) is 54.8 cm³/mol. The normalized spacial score (nSPS) is 25.8. The zero-order valence-electron chi connectivity index (χ0n) is 8.95. The van der Waals surface area contributed by atoms with E-state index in [4.69, 9.17) is 10.5 Å². The van der Waals surface area contributed by atoms with Gasteiger partial charge in [0.2, 0.25) is 5.91 Å². The zero-order chi connectivity index (χ0) is 10.6. The number of carbonyl (C=O) groups is 1. The number of rotatable bonds is 4. The van der Waals surface area contributed by atoms with Crippen LogP contribution in [0.3, 0.4) is 0 Å². The van der Waals surface area contributed by atoms with Crippen molar-refractivity contribution in [3.63, 3.8) is 0 Å². The van der Waals surface area contributed by atoms with Gasteiger partial charge >= 0.3 is 0 Å². The molecule has 0 aromatic heterocycles. The molecule has 0 bridgehead atoms. The molecule has 0 radical (unpaired) electrons. The highest BCUT2D eigenvalue weighted by atomic mass is 16.5. The lowest BCUT2D eigenvalue weighted by Crippen LogP contribution is -2.42. The SMILES string of the molecule is CC(N)CC(=O)NC(C)C1CCCO1. The van der Waals surface area contributed by atoms with Gasteiger partial charge in [-0.1, -0.05) is 0 Å². The Balaban J connectivity index is 2.24. The topological polar surface area (TPSA) is 64.4 Å². The van der Waals surface area contributed by atoms with Gasteiger partial charge in [-0.2, -0.15) is 0 Å². The number of carbonyl (C=O) groups excluding carboxylic acids is 1. The monoisotopic (exact) mass is 200 g/mol. The van der Waals surface area contributed by atoms with E-state index in [1.165, 1.54) is 0 Å². The molecule has 3 atom stereocenters. The van der Waals surface area contributed by atoms with E-state index in [9.17, 15) is 4.79 Å². The summed E-state index contributed by atoms with van der Waals surface area (Å²) in [7, 11) is 0. The Morgan fingerprint density at radius 2 is 2.36 bits per heavy atom. The molecule has 1 aliphatic rings. The second kappa shape index (κ2) is 5.32. The van der Waals surface area contributed by atoms with Crippen LogP contribution in [-0.2, 0) is 9.53 Å². The first kappa shape index (κ1) is 11.5. The summed E-state index contributed by atoms with van der Waals surface area (Å²) in [6.07, 6.45) is 2.71. The Bertz CT molecular complexity index is 189. The van der Waals surface area contributed by atoms with Crippen molar-refractivity contribution in [2.45, 2.75) is 51.3 Å². The van der Waals surface area contributed by atoms with Gasteiger partial charge in [-0.05, 0) is 26.7 Å². The molecule has 0 saturated carbocycles. The van der Waals surface area contributed by atoms with Gasteiger partial charge in [-0.15, -0.1) is 0 Å². The molecular formula is C10H20N2O2. The van der Waals surface area contributed by atoms with Crippen LogP contribution in [0.25, 0.3) is 0 Å². The summed E-state index contributed by atoms with van der Waals surface area (Å²) in [6.45, 7) is 4.63. The van der Waals surface area contributed by atoms with Crippen LogP contribution in [0.15, 0.2) is 0 Å². The molecule has 1 rings (SSSR count). The minimum atomic E-state index is -0.0771. The largest absolute Gasteiger partial charge is 0.376 e. The van der Waals surface area contributed by atoms with Crippen LogP contribution in [-0.4, -0.2) is 30.7 Å². The quantitative estimate of drug-likeness (QED) is 0.690. The van der Waals surface area contributed by atoms with Crippen molar-refractivity contribution < 1.29 is 9.53 Å². The third kappa shape index (κ3) is 3.64. The second-order valence-corrected chi connectivity index (χ2v) is 4.09. The van der Waals surface area contributed by atoms with E-state index in [0.717, 1.165) is 19.4 Å². The first-order chi connectivity index (χ1) is 6.59. The van der Waals surface area contributed by atoms with Crippen LogP contribution in [0.4, 0.5) is 0 Å². The van der Waals surface area contributed by atoms with Gasteiger partial charge in [0.15, 0.2) is 0 Å². The summed E-state index contributed by atoms with van der Waals surface area (Å²) in [5.41, 5.74) is 5.53. The molecule has 4 nitrogen and oxygen atoms in total. The van der Waals surface area contributed by atoms with Crippen molar-refractivity contribution in [1.82, 2.24) is 5.32 Å². The molecule has 0 aromatic rings. The van der Waals surface area contributed by atoms with Crippen molar-refractivity contribution in [3.8, 4) is 0 Å². The fourth-order valence-electron chi connectivity index (χ4n) is 1.70. The van der Waals surface area contributed by atoms with Gasteiger partial charge < -0.3 is 15.8 Å². The molecule has 0 aromatic carbocycles. The van der Waals surface area contributed by atoms with Gasteiger partial charge in [0.05, 0.1) is 12.1 Å². The number of ether oxygens (including phenoxy) is 1. The molecule has 0 spiro atoms. The van der Waals surface area contributed by atoms with E-state index in [2.05, 4.69) is 5.32 Å². The number of hydrogen-bond donors (Lipinski definition) is 2. The van der Waals surface area contributed by atoms with Crippen LogP contribution in [0.1, 0.15) is 33.1 Å². The van der Waals surface area contributed by atoms with Gasteiger partial charge in [-0.25, -0.2) is 0 Å². The first-order valence-corrected chi connectivity index (χ1v) is 5.26. The van der Waals surface area contributed by atoms with Crippen molar-refractivity contribution in [3.05, 3.63) is 0 Å². The Hall–Kier alpha value is -0.610. The molecule has 1 aliphatic heterocycles. The summed E-state index contributed by atoms with van der Waals surface area (Å²) in [5, 5.41) is 2.91. The summed E-state index contributed by atoms with van der Waals surface area (Å²) >= 11 is 0. The Morgan fingerprint density at radius 3 is 2.86 bits per heavy atom. The van der Waals surface area contributed by atoms with E-state index in [1.54, 1.807) is 0 Å². The van der Waals surface area contributed by atoms with E-state index in [1.807, 2.05) is 13.8 Å². The van der Waals surface area contributed by atoms with Gasteiger partial charge in [0.1, 0.15) is 0 Å². The maximum atomic E-state index is 11.4. The average Bonchev–Trinajstić information content (AvgIpc) is 2.53. The van der Waals surface area contributed by atoms with E-state index in [0.29, 0.717) is 6.42 Å². The summed E-state index contributed by atoms with van der Waals surface area (Å²) in [4.78, 5) is 11.4. The number of amides is 1. The van der Waals surface area contributed by atoms with Crippen molar-refractivity contribution in [2.24, 2.45) is 5.73 Å². The molecule has 4 heteroatoms. The summed E-state index contributed by atoms with van der Waals surface area (Å²) in [5.74, 6) is 0.0167. The smallest absolute Gasteiger partial charge is 0.221 e. The second-order valence-electron chi connectivity index (χ2n) is 4.09. The highest BCUT2D eigenvalue weighted by molar-refractivity contribution is 5.76. The fraction of sp³-hybridized carbons (Fsp3) is 0.900. The van der Waals surface area contributed by atoms with Crippen LogP contribution in [0.2, 0.25) is 0 Å². The Kier molecular flexibility index (Phi) is 4.35. The third-order valence-corrected chi connectivity index (χ3v) is 2.42. The average molecular weight is 200 g/mol. The summed E-state index contributed by atoms with van der Waals surface area (Å²) in [6, 6.07) is 0.0236. The fourth-order valence-corrected chi connectivity index (χ4v) is 1.70. The van der Waals surface area contributed by atoms with Gasteiger partial charge in [0.25, 0.3) is 0 Å². The molecule has 1 amide bonds. The maximum Gasteiger partial charge on any atom is 0.221 e. The van der Waals surface area contributed by atoms with Crippen LogP contribution in [0, 0.1) is 0 Å². The molecule has 3 unspecified atom stereocenters. The number of nitrogens with one attached hydrogen (secondary N) is 1. The molecule has 3 N–H and O–H groups in total. The standard InChI is InChI=1S/C10H20N2O2/c1-7(11)6-10(13)12-8(2)9-4-3-5-14-9/h7-9H,3-6,11H2,1-2H3,(H,12,13). The first-order valence-electron chi connectivity index (χ1n) is 5.26. The number of nitrogens with two attached hydrogens (primary N) is 1. The Morgan fingerprint density at radius 1 is 1.64 bits per heavy atom. The van der Waals surface area contributed by atoms with E-state index in [-0.39, 0.29) is 24.1 Å². The molecule has 82 valence electrons. The third-order valence-electron chi connectivity index (χ3n) is 2.42. The Labute approximate surface area is 85.2 Å². The molecular weight excluding hydrogens is 180 g/mol. The van der Waals surface area contributed by atoms with Crippen LogP contribution < -0.4 is 11.1 Å². The van der Waals surface area contributed by atoms with E-state index >= 15 is 0 Å². The lowest BCUT2D eigenvalue weighted by molar-refractivity contribution is -0.122. The number of hydrogen-bond acceptors (Lipinski definition) is 3. The molecule has 1 saturated heterocycles. The van der Waals surface area contributed by atoms with Crippen LogP contribution in [0.5, 0.6) is 0 Å². The molecule has 14 heavy (non-hydrogen) atoms. The van der Waals surface area contributed by atoms with Crippen LogP contribution >= 0.6 is 0 Å². The molecule has 1 fully saturated rings. The minimum Gasteiger partial charge on any atom is -0.376 e. The van der Waals surface area contributed by atoms with Crippen molar-refractivity contribution >= 4 is 5.91 Å². The highest BCUT2D eigenvalue weighted by Gasteiger charge is 2.23. The van der Waals surface area contributed by atoms with Gasteiger partial charge in [0, 0.05) is 19.1 Å². The lowest BCUT2D eigenvalue weighted by atomic mass is 10.1. The zero-order valence-corrected chi connectivity index (χ0v) is 8.95. The van der Waals surface area contributed by atoms with Crippen molar-refractivity contribution in [1.29, 1.82) is 0 Å². The van der Waals surface area contributed by atoms with E-state index < -0.39 is 0 Å². The molecule has 1 heterocycles. The predicted octanol–water partition coefficient (Wildman–Crippen LogP) is 0.407. The molecule has 0 aliphatic carbocycles. The maximum absolute atomic E-state index is 11.4. The van der Waals surface area contributed by atoms with Crippen molar-refractivity contribution in [2.75, 3.05) is 6.61 Å². The van der Waals surface area contributed by atoms with Gasteiger partial charge in [-0.3, -0.25) is 4.79 Å².